The van der Waals surface area contributed by atoms with Gasteiger partial charge in [-0.15, -0.1) is 0 Å². The average molecular weight is 423 g/mol. The van der Waals surface area contributed by atoms with Crippen LogP contribution in [-0.4, -0.2) is 46.8 Å². The lowest BCUT2D eigenvalue weighted by Crippen LogP contribution is -2.39. The second-order valence-electron chi connectivity index (χ2n) is 7.93. The number of ether oxygens (including phenoxy) is 2. The van der Waals surface area contributed by atoms with Gasteiger partial charge in [-0.1, -0.05) is 12.1 Å². The second kappa shape index (κ2) is 9.54. The molecule has 2 atom stereocenters. The van der Waals surface area contributed by atoms with E-state index in [1.54, 1.807) is 12.1 Å². The van der Waals surface area contributed by atoms with E-state index in [9.17, 15) is 9.90 Å². The molecule has 0 spiro atoms. The number of H-pyrrole nitrogens is 1. The summed E-state index contributed by atoms with van der Waals surface area (Å²) in [6.45, 7) is 7.02. The number of nitrogens with zero attached hydrogens (tertiary/aromatic N) is 1. The van der Waals surface area contributed by atoms with Crippen LogP contribution in [0, 0.1) is 0 Å². The molecule has 0 aliphatic carbocycles. The van der Waals surface area contributed by atoms with E-state index in [2.05, 4.69) is 22.0 Å². The van der Waals surface area contributed by atoms with Crippen molar-refractivity contribution in [3.8, 4) is 5.75 Å². The number of carboxylic acid groups (broad SMARTS) is 1. The molecular weight excluding hydrogens is 392 g/mol. The lowest BCUT2D eigenvalue weighted by atomic mass is 9.91. The topological polar surface area (TPSA) is 74.8 Å². The number of aromatic carboxylic acids is 1. The number of aromatic nitrogens is 1. The largest absolute Gasteiger partial charge is 0.494 e. The first-order valence-electron chi connectivity index (χ1n) is 11.0. The van der Waals surface area contributed by atoms with Gasteiger partial charge in [0.1, 0.15) is 5.75 Å². The molecule has 1 aromatic heterocycles. The van der Waals surface area contributed by atoms with Crippen LogP contribution in [-0.2, 0) is 11.3 Å². The summed E-state index contributed by atoms with van der Waals surface area (Å²) >= 11 is 0. The molecule has 6 heteroatoms. The predicted molar refractivity (Wildman–Crippen MR) is 121 cm³/mol. The third-order valence-electron chi connectivity index (χ3n) is 6.07. The van der Waals surface area contributed by atoms with Gasteiger partial charge in [-0.25, -0.2) is 4.79 Å². The van der Waals surface area contributed by atoms with Gasteiger partial charge in [0, 0.05) is 48.4 Å². The number of carbonyl (C=O) groups is 1. The van der Waals surface area contributed by atoms with Gasteiger partial charge in [-0.05, 0) is 62.6 Å². The van der Waals surface area contributed by atoms with Crippen LogP contribution in [0.2, 0.25) is 0 Å². The molecule has 0 bridgehead atoms. The zero-order chi connectivity index (χ0) is 21.8. The highest BCUT2D eigenvalue weighted by atomic mass is 16.5. The molecule has 2 heterocycles. The molecule has 0 amide bonds. The molecule has 1 aliphatic rings. The summed E-state index contributed by atoms with van der Waals surface area (Å²) in [5.74, 6) is 0.0150. The van der Waals surface area contributed by atoms with E-state index >= 15 is 0 Å². The number of hydrogen-bond acceptors (Lipinski definition) is 4. The quantitative estimate of drug-likeness (QED) is 0.534. The van der Waals surface area contributed by atoms with Crippen LogP contribution >= 0.6 is 0 Å². The van der Waals surface area contributed by atoms with Crippen molar-refractivity contribution in [2.75, 3.05) is 19.8 Å². The Morgan fingerprint density at radius 1 is 1.13 bits per heavy atom. The van der Waals surface area contributed by atoms with Gasteiger partial charge >= 0.3 is 5.97 Å². The second-order valence-corrected chi connectivity index (χ2v) is 7.93. The van der Waals surface area contributed by atoms with E-state index in [1.165, 1.54) is 10.9 Å². The van der Waals surface area contributed by atoms with Crippen molar-refractivity contribution in [3.63, 3.8) is 0 Å². The molecule has 1 aliphatic heterocycles. The summed E-state index contributed by atoms with van der Waals surface area (Å²) in [4.78, 5) is 17.1. The molecule has 2 N–H and O–H groups in total. The molecule has 31 heavy (non-hydrogen) atoms. The first-order chi connectivity index (χ1) is 15.1. The smallest absolute Gasteiger partial charge is 0.335 e. The monoisotopic (exact) mass is 422 g/mol. The Morgan fingerprint density at radius 2 is 1.94 bits per heavy atom. The van der Waals surface area contributed by atoms with Gasteiger partial charge in [0.2, 0.25) is 0 Å². The maximum absolute atomic E-state index is 11.3. The van der Waals surface area contributed by atoms with Crippen molar-refractivity contribution in [2.24, 2.45) is 0 Å². The number of likely N-dealkylation sites (tertiary alicyclic amines) is 1. The Hall–Kier alpha value is -2.83. The van der Waals surface area contributed by atoms with Crippen molar-refractivity contribution in [1.82, 2.24) is 9.88 Å². The van der Waals surface area contributed by atoms with Gasteiger partial charge in [-0.3, -0.25) is 4.90 Å². The lowest BCUT2D eigenvalue weighted by molar-refractivity contribution is -0.0138. The van der Waals surface area contributed by atoms with Crippen LogP contribution in [0.4, 0.5) is 0 Å². The number of nitrogens with one attached hydrogen (secondary N) is 1. The molecule has 1 saturated heterocycles. The standard InChI is InChI=1S/C25H30N2O4/c1-3-30-19-12-14-27(23(15-19)17-5-7-18(8-6-17)25(28)29)16-21-20-11-13-26-22(20)9-10-24(21)31-4-2/h5-11,13,19,23,26H,3-4,12,14-16H2,1-2H3,(H,28,29)/t19-,23-/m0/s1. The Morgan fingerprint density at radius 3 is 2.65 bits per heavy atom. The average Bonchev–Trinajstić information content (AvgIpc) is 3.26. The summed E-state index contributed by atoms with van der Waals surface area (Å²) in [5.41, 5.74) is 3.71. The maximum Gasteiger partial charge on any atom is 0.335 e. The predicted octanol–water partition coefficient (Wildman–Crippen LogP) is 5.01. The van der Waals surface area contributed by atoms with E-state index in [1.807, 2.05) is 38.2 Å². The summed E-state index contributed by atoms with van der Waals surface area (Å²) in [7, 11) is 0. The minimum Gasteiger partial charge on any atom is -0.494 e. The summed E-state index contributed by atoms with van der Waals surface area (Å²) in [6, 6.07) is 13.6. The number of hydrogen-bond donors (Lipinski definition) is 2. The highest BCUT2D eigenvalue weighted by Gasteiger charge is 2.31. The third kappa shape index (κ3) is 4.60. The number of fused-ring (bicyclic) bond motifs is 1. The fourth-order valence-corrected chi connectivity index (χ4v) is 4.59. The van der Waals surface area contributed by atoms with Gasteiger partial charge in [0.25, 0.3) is 0 Å². The number of carboxylic acids is 1. The van der Waals surface area contributed by atoms with E-state index in [-0.39, 0.29) is 12.1 Å². The Labute approximate surface area is 182 Å². The minimum absolute atomic E-state index is 0.150. The Balaban J connectivity index is 1.67. The first-order valence-corrected chi connectivity index (χ1v) is 11.0. The molecule has 164 valence electrons. The van der Waals surface area contributed by atoms with Crippen molar-refractivity contribution >= 4 is 16.9 Å². The van der Waals surface area contributed by atoms with Gasteiger partial charge in [-0.2, -0.15) is 0 Å². The molecular formula is C25H30N2O4. The van der Waals surface area contributed by atoms with Gasteiger partial charge in [0.15, 0.2) is 0 Å². The Bertz CT molecular complexity index is 1030. The van der Waals surface area contributed by atoms with Crippen molar-refractivity contribution < 1.29 is 19.4 Å². The molecule has 1 fully saturated rings. The SMILES string of the molecule is CCOc1ccc2[nH]ccc2c1CN1CC[C@H](OCC)C[C@H]1c1ccc(C(=O)O)cc1. The van der Waals surface area contributed by atoms with Gasteiger partial charge < -0.3 is 19.6 Å². The first kappa shape index (κ1) is 21.4. The molecule has 4 rings (SSSR count). The summed E-state index contributed by atoms with van der Waals surface area (Å²) in [6.07, 6.45) is 4.03. The molecule has 0 radical (unpaired) electrons. The highest BCUT2D eigenvalue weighted by Crippen LogP contribution is 2.37. The molecule has 0 unspecified atom stereocenters. The minimum atomic E-state index is -0.903. The molecule has 2 aromatic carbocycles. The van der Waals surface area contributed by atoms with E-state index < -0.39 is 5.97 Å². The van der Waals surface area contributed by atoms with Crippen molar-refractivity contribution in [2.45, 2.75) is 45.4 Å². The molecule has 0 saturated carbocycles. The maximum atomic E-state index is 11.3. The molecule has 3 aromatic rings. The van der Waals surface area contributed by atoms with E-state index in [4.69, 9.17) is 9.47 Å². The molecule has 6 nitrogen and oxygen atoms in total. The number of piperidine rings is 1. The zero-order valence-electron chi connectivity index (χ0n) is 18.1. The highest BCUT2D eigenvalue weighted by molar-refractivity contribution is 5.87. The fraction of sp³-hybridized carbons (Fsp3) is 0.400. The van der Waals surface area contributed by atoms with Crippen LogP contribution in [0.15, 0.2) is 48.7 Å². The summed E-state index contributed by atoms with van der Waals surface area (Å²) in [5, 5.41) is 10.4. The Kier molecular flexibility index (Phi) is 6.59. The van der Waals surface area contributed by atoms with Crippen LogP contribution < -0.4 is 4.74 Å². The lowest BCUT2D eigenvalue weighted by Gasteiger charge is -2.40. The van der Waals surface area contributed by atoms with Crippen LogP contribution in [0.1, 0.15) is 54.2 Å². The summed E-state index contributed by atoms with van der Waals surface area (Å²) < 4.78 is 11.9. The number of aromatic amines is 1. The number of benzene rings is 2. The normalized spacial score (nSPS) is 19.5. The van der Waals surface area contributed by atoms with Crippen molar-refractivity contribution in [1.29, 1.82) is 0 Å². The van der Waals surface area contributed by atoms with Gasteiger partial charge in [0.05, 0.1) is 18.3 Å². The van der Waals surface area contributed by atoms with Crippen LogP contribution in [0.25, 0.3) is 10.9 Å². The number of rotatable bonds is 8. The van der Waals surface area contributed by atoms with Crippen LogP contribution in [0.5, 0.6) is 5.75 Å². The zero-order valence-corrected chi connectivity index (χ0v) is 18.1. The van der Waals surface area contributed by atoms with Crippen molar-refractivity contribution in [3.05, 3.63) is 65.4 Å². The third-order valence-corrected chi connectivity index (χ3v) is 6.07. The van der Waals surface area contributed by atoms with E-state index in [0.717, 1.165) is 42.8 Å². The van der Waals surface area contributed by atoms with Crippen LogP contribution in [0.3, 0.4) is 0 Å². The van der Waals surface area contributed by atoms with E-state index in [0.29, 0.717) is 18.8 Å². The fourth-order valence-electron chi connectivity index (χ4n) is 4.59.